The van der Waals surface area contributed by atoms with Gasteiger partial charge in [0.2, 0.25) is 0 Å². The third-order valence-corrected chi connectivity index (χ3v) is 3.11. The number of rotatable bonds is 5. The van der Waals surface area contributed by atoms with Gasteiger partial charge in [0.1, 0.15) is 18.0 Å². The first-order valence-electron chi connectivity index (χ1n) is 7.79. The van der Waals surface area contributed by atoms with E-state index in [0.717, 1.165) is 5.56 Å². The first-order valence-corrected chi connectivity index (χ1v) is 7.79. The molecule has 2 N–H and O–H groups in total. The van der Waals surface area contributed by atoms with Gasteiger partial charge in [0, 0.05) is 0 Å². The Labute approximate surface area is 146 Å². The molecule has 0 saturated heterocycles. The number of carbonyl (C=O) groups is 2. The monoisotopic (exact) mass is 343 g/mol. The maximum absolute atomic E-state index is 11.8. The first kappa shape index (κ1) is 18.3. The molecule has 2 aromatic carbocycles. The van der Waals surface area contributed by atoms with Crippen LogP contribution < -0.4 is 10.1 Å². The van der Waals surface area contributed by atoms with Gasteiger partial charge in [-0.1, -0.05) is 30.3 Å². The van der Waals surface area contributed by atoms with Gasteiger partial charge in [0.15, 0.2) is 0 Å². The number of benzene rings is 2. The Morgan fingerprint density at radius 1 is 1.08 bits per heavy atom. The normalized spacial score (nSPS) is 10.8. The second-order valence-electron chi connectivity index (χ2n) is 6.41. The summed E-state index contributed by atoms with van der Waals surface area (Å²) in [6.45, 7) is 5.50. The van der Waals surface area contributed by atoms with Crippen molar-refractivity contribution in [1.29, 1.82) is 0 Å². The SMILES string of the molecule is CC(C)(C)OC(=O)Nc1ccc(OCc2ccccc2)cc1C(=O)O. The number of hydrogen-bond acceptors (Lipinski definition) is 4. The van der Waals surface area contributed by atoms with Gasteiger partial charge in [-0.3, -0.25) is 5.32 Å². The minimum Gasteiger partial charge on any atom is -0.489 e. The van der Waals surface area contributed by atoms with Gasteiger partial charge in [-0.25, -0.2) is 9.59 Å². The molecule has 0 aliphatic rings. The van der Waals surface area contributed by atoms with Gasteiger partial charge >= 0.3 is 12.1 Å². The molecule has 6 nitrogen and oxygen atoms in total. The van der Waals surface area contributed by atoms with E-state index in [4.69, 9.17) is 9.47 Å². The lowest BCUT2D eigenvalue weighted by molar-refractivity contribution is 0.0636. The smallest absolute Gasteiger partial charge is 0.412 e. The molecule has 0 aliphatic carbocycles. The van der Waals surface area contributed by atoms with Crippen LogP contribution in [0.3, 0.4) is 0 Å². The maximum Gasteiger partial charge on any atom is 0.412 e. The van der Waals surface area contributed by atoms with Crippen LogP contribution in [0.4, 0.5) is 10.5 Å². The fourth-order valence-corrected chi connectivity index (χ4v) is 2.05. The van der Waals surface area contributed by atoms with Gasteiger partial charge in [0.25, 0.3) is 0 Å². The standard InChI is InChI=1S/C19H21NO5/c1-19(2,3)25-18(23)20-16-10-9-14(11-15(16)17(21)22)24-12-13-7-5-4-6-8-13/h4-11H,12H2,1-3H3,(H,20,23)(H,21,22). The van der Waals surface area contributed by atoms with E-state index in [1.807, 2.05) is 30.3 Å². The molecule has 0 spiro atoms. The molecule has 0 bridgehead atoms. The summed E-state index contributed by atoms with van der Waals surface area (Å²) in [6, 6.07) is 14.0. The van der Waals surface area contributed by atoms with Crippen molar-refractivity contribution in [3.63, 3.8) is 0 Å². The third kappa shape index (κ3) is 5.84. The van der Waals surface area contributed by atoms with Crippen LogP contribution in [0, 0.1) is 0 Å². The van der Waals surface area contributed by atoms with Gasteiger partial charge in [-0.2, -0.15) is 0 Å². The van der Waals surface area contributed by atoms with Crippen molar-refractivity contribution in [2.75, 3.05) is 5.32 Å². The summed E-state index contributed by atoms with van der Waals surface area (Å²) in [5.41, 5.74) is 0.368. The predicted molar refractivity (Wildman–Crippen MR) is 94.0 cm³/mol. The molecule has 0 saturated carbocycles. The molecule has 25 heavy (non-hydrogen) atoms. The Hall–Kier alpha value is -3.02. The second-order valence-corrected chi connectivity index (χ2v) is 6.41. The van der Waals surface area contributed by atoms with Crippen LogP contribution in [-0.4, -0.2) is 22.8 Å². The molecular weight excluding hydrogens is 322 g/mol. The van der Waals surface area contributed by atoms with E-state index in [-0.39, 0.29) is 11.3 Å². The highest BCUT2D eigenvalue weighted by Crippen LogP contribution is 2.24. The Morgan fingerprint density at radius 2 is 1.76 bits per heavy atom. The topological polar surface area (TPSA) is 84.9 Å². The largest absolute Gasteiger partial charge is 0.489 e. The molecule has 2 rings (SSSR count). The van der Waals surface area contributed by atoms with E-state index in [1.54, 1.807) is 26.8 Å². The summed E-state index contributed by atoms with van der Waals surface area (Å²) < 4.78 is 10.8. The van der Waals surface area contributed by atoms with E-state index in [2.05, 4.69) is 5.32 Å². The summed E-state index contributed by atoms with van der Waals surface area (Å²) in [5.74, 6) is -0.771. The molecule has 0 fully saturated rings. The third-order valence-electron chi connectivity index (χ3n) is 3.11. The molecule has 0 unspecified atom stereocenters. The van der Waals surface area contributed by atoms with Crippen LogP contribution in [0.15, 0.2) is 48.5 Å². The number of amides is 1. The number of hydrogen-bond donors (Lipinski definition) is 2. The van der Waals surface area contributed by atoms with Crippen LogP contribution >= 0.6 is 0 Å². The van der Waals surface area contributed by atoms with Crippen molar-refractivity contribution in [2.45, 2.75) is 33.0 Å². The van der Waals surface area contributed by atoms with Crippen LogP contribution in [0.25, 0.3) is 0 Å². The predicted octanol–water partition coefficient (Wildman–Crippen LogP) is 4.31. The zero-order valence-electron chi connectivity index (χ0n) is 14.4. The van der Waals surface area contributed by atoms with Gasteiger partial charge in [-0.15, -0.1) is 0 Å². The molecule has 6 heteroatoms. The summed E-state index contributed by atoms with van der Waals surface area (Å²) in [6.07, 6.45) is -0.715. The van der Waals surface area contributed by atoms with E-state index >= 15 is 0 Å². The number of nitrogens with one attached hydrogen (secondary N) is 1. The minimum atomic E-state index is -1.17. The van der Waals surface area contributed by atoms with Gasteiger partial charge < -0.3 is 14.6 Å². The second kappa shape index (κ2) is 7.70. The van der Waals surface area contributed by atoms with E-state index in [0.29, 0.717) is 12.4 Å². The number of anilines is 1. The summed E-state index contributed by atoms with van der Waals surface area (Å²) >= 11 is 0. The molecule has 0 aromatic heterocycles. The fourth-order valence-electron chi connectivity index (χ4n) is 2.05. The van der Waals surface area contributed by atoms with Crippen molar-refractivity contribution in [1.82, 2.24) is 0 Å². The average Bonchev–Trinajstić information content (AvgIpc) is 2.53. The number of aromatic carboxylic acids is 1. The lowest BCUT2D eigenvalue weighted by atomic mass is 10.1. The summed E-state index contributed by atoms with van der Waals surface area (Å²) in [4.78, 5) is 23.3. The highest BCUT2D eigenvalue weighted by atomic mass is 16.6. The van der Waals surface area contributed by atoms with Crippen molar-refractivity contribution in [3.05, 3.63) is 59.7 Å². The number of carbonyl (C=O) groups excluding carboxylic acids is 1. The molecule has 0 atom stereocenters. The van der Waals surface area contributed by atoms with Crippen molar-refractivity contribution in [3.8, 4) is 5.75 Å². The Kier molecular flexibility index (Phi) is 5.64. The zero-order valence-corrected chi connectivity index (χ0v) is 14.4. The van der Waals surface area contributed by atoms with Crippen LogP contribution in [0.2, 0.25) is 0 Å². The zero-order chi connectivity index (χ0) is 18.4. The van der Waals surface area contributed by atoms with Crippen LogP contribution in [0.1, 0.15) is 36.7 Å². The summed E-state index contributed by atoms with van der Waals surface area (Å²) in [7, 11) is 0. The molecule has 2 aromatic rings. The molecule has 0 radical (unpaired) electrons. The first-order chi connectivity index (χ1) is 11.7. The fraction of sp³-hybridized carbons (Fsp3) is 0.263. The average molecular weight is 343 g/mol. The highest BCUT2D eigenvalue weighted by Gasteiger charge is 2.19. The van der Waals surface area contributed by atoms with E-state index < -0.39 is 17.7 Å². The Morgan fingerprint density at radius 3 is 2.36 bits per heavy atom. The van der Waals surface area contributed by atoms with Crippen LogP contribution in [-0.2, 0) is 11.3 Å². The lowest BCUT2D eigenvalue weighted by Crippen LogP contribution is -2.27. The van der Waals surface area contributed by atoms with Gasteiger partial charge in [0.05, 0.1) is 11.3 Å². The number of carboxylic acid groups (broad SMARTS) is 1. The molecular formula is C19H21NO5. The highest BCUT2D eigenvalue weighted by molar-refractivity contribution is 5.99. The maximum atomic E-state index is 11.8. The van der Waals surface area contributed by atoms with Crippen LogP contribution in [0.5, 0.6) is 5.75 Å². The molecule has 0 aliphatic heterocycles. The summed E-state index contributed by atoms with van der Waals surface area (Å²) in [5, 5.41) is 11.8. The minimum absolute atomic E-state index is 0.0728. The molecule has 132 valence electrons. The number of ether oxygens (including phenoxy) is 2. The Bertz CT molecular complexity index is 750. The molecule has 0 heterocycles. The lowest BCUT2D eigenvalue weighted by Gasteiger charge is -2.20. The van der Waals surface area contributed by atoms with E-state index in [1.165, 1.54) is 12.1 Å². The number of carboxylic acids is 1. The van der Waals surface area contributed by atoms with Gasteiger partial charge in [-0.05, 0) is 44.5 Å². The Balaban J connectivity index is 2.11. The van der Waals surface area contributed by atoms with Crippen molar-refractivity contribution >= 4 is 17.7 Å². The van der Waals surface area contributed by atoms with Crippen molar-refractivity contribution in [2.24, 2.45) is 0 Å². The van der Waals surface area contributed by atoms with Crippen molar-refractivity contribution < 1.29 is 24.2 Å². The quantitative estimate of drug-likeness (QED) is 0.845. The molecule has 1 amide bonds. The van der Waals surface area contributed by atoms with E-state index in [9.17, 15) is 14.7 Å².